The highest BCUT2D eigenvalue weighted by atomic mass is 16.5. The van der Waals surface area contributed by atoms with E-state index in [-0.39, 0.29) is 11.9 Å². The minimum Gasteiger partial charge on any atom is -0.481 e. The van der Waals surface area contributed by atoms with Gasteiger partial charge in [0.1, 0.15) is 0 Å². The maximum absolute atomic E-state index is 11.1. The van der Waals surface area contributed by atoms with Gasteiger partial charge in [-0.25, -0.2) is 0 Å². The normalized spacial score (nSPS) is 11.6. The average Bonchev–Trinajstić information content (AvgIpc) is 2.90. The van der Waals surface area contributed by atoms with E-state index in [0.29, 0.717) is 13.0 Å². The third-order valence-corrected chi connectivity index (χ3v) is 7.54. The number of rotatable bonds is 28. The van der Waals surface area contributed by atoms with Crippen LogP contribution in [0, 0.1) is 5.92 Å². The molecular formula is C34H68O4. The molecule has 4 heteroatoms. The number of ether oxygens (including phenoxy) is 1. The van der Waals surface area contributed by atoms with Crippen molar-refractivity contribution in [2.45, 2.75) is 195 Å². The van der Waals surface area contributed by atoms with Crippen LogP contribution in [0.2, 0.25) is 0 Å². The van der Waals surface area contributed by atoms with E-state index in [9.17, 15) is 9.59 Å². The molecule has 0 aliphatic carbocycles. The lowest BCUT2D eigenvalue weighted by molar-refractivity contribution is -0.143. The summed E-state index contributed by atoms with van der Waals surface area (Å²) in [5, 5.41) is 8.93. The minimum atomic E-state index is -0.616. The Labute approximate surface area is 238 Å². The second-order valence-corrected chi connectivity index (χ2v) is 11.2. The van der Waals surface area contributed by atoms with E-state index in [1.807, 2.05) is 13.8 Å². The van der Waals surface area contributed by atoms with Crippen molar-refractivity contribution in [3.63, 3.8) is 0 Å². The summed E-state index contributed by atoms with van der Waals surface area (Å²) in [6.45, 7) is 8.87. The highest BCUT2D eigenvalue weighted by Gasteiger charge is 2.13. The van der Waals surface area contributed by atoms with Gasteiger partial charge in [0.2, 0.25) is 0 Å². The summed E-state index contributed by atoms with van der Waals surface area (Å²) >= 11 is 0. The largest absolute Gasteiger partial charge is 0.481 e. The van der Waals surface area contributed by atoms with Crippen molar-refractivity contribution in [1.29, 1.82) is 0 Å². The zero-order valence-electron chi connectivity index (χ0n) is 26.3. The van der Waals surface area contributed by atoms with Gasteiger partial charge >= 0.3 is 11.9 Å². The van der Waals surface area contributed by atoms with Gasteiger partial charge in [-0.3, -0.25) is 9.59 Å². The quantitative estimate of drug-likeness (QED) is 0.0791. The Bertz CT molecular complexity index is 475. The molecule has 0 aromatic rings. The van der Waals surface area contributed by atoms with E-state index in [1.165, 1.54) is 135 Å². The molecule has 0 aliphatic rings. The Hall–Kier alpha value is -1.06. The molecule has 4 nitrogen and oxygen atoms in total. The number of carbonyl (C=O) groups excluding carboxylic acids is 1. The summed E-state index contributed by atoms with van der Waals surface area (Å²) < 4.78 is 4.90. The first kappa shape index (κ1) is 39.1. The number of carboxylic acids is 1. The fourth-order valence-electron chi connectivity index (χ4n) is 4.90. The predicted molar refractivity (Wildman–Crippen MR) is 165 cm³/mol. The van der Waals surface area contributed by atoms with Gasteiger partial charge in [0.25, 0.3) is 0 Å². The molecule has 1 N–H and O–H groups in total. The summed E-state index contributed by atoms with van der Waals surface area (Å²) in [5.74, 6) is -0.761. The van der Waals surface area contributed by atoms with Gasteiger partial charge < -0.3 is 9.84 Å². The van der Waals surface area contributed by atoms with Crippen LogP contribution < -0.4 is 0 Å². The highest BCUT2D eigenvalue weighted by molar-refractivity contribution is 5.69. The van der Waals surface area contributed by atoms with Gasteiger partial charge in [-0.05, 0) is 26.2 Å². The van der Waals surface area contributed by atoms with Crippen LogP contribution in [0.25, 0.3) is 0 Å². The second-order valence-electron chi connectivity index (χ2n) is 11.2. The monoisotopic (exact) mass is 541 g/mol. The molecule has 1 atom stereocenters. The summed E-state index contributed by atoms with van der Waals surface area (Å²) in [4.78, 5) is 21.9. The predicted octanol–water partition coefficient (Wildman–Crippen LogP) is 11.4. The Morgan fingerprint density at radius 3 is 1.18 bits per heavy atom. The fraction of sp³-hybridized carbons (Fsp3) is 0.941. The smallest absolute Gasteiger partial charge is 0.306 e. The Balaban J connectivity index is 0. The third kappa shape index (κ3) is 33.0. The maximum atomic E-state index is 11.1. The number of carboxylic acid groups (broad SMARTS) is 1. The number of aliphatic carboxylic acids is 1. The summed E-state index contributed by atoms with van der Waals surface area (Å²) in [7, 11) is 0. The first-order valence-electron chi connectivity index (χ1n) is 16.9. The lowest BCUT2D eigenvalue weighted by Crippen LogP contribution is -2.12. The molecule has 0 fully saturated rings. The molecule has 0 aromatic heterocycles. The van der Waals surface area contributed by atoms with Crippen LogP contribution in [0.15, 0.2) is 0 Å². The topological polar surface area (TPSA) is 63.6 Å². The Morgan fingerprint density at radius 1 is 0.526 bits per heavy atom. The fourth-order valence-corrected chi connectivity index (χ4v) is 4.90. The number of carbonyl (C=O) groups is 2. The maximum Gasteiger partial charge on any atom is 0.306 e. The van der Waals surface area contributed by atoms with Crippen LogP contribution >= 0.6 is 0 Å². The molecule has 0 saturated heterocycles. The van der Waals surface area contributed by atoms with Crippen LogP contribution in [0.1, 0.15) is 195 Å². The van der Waals surface area contributed by atoms with Gasteiger partial charge in [0.05, 0.1) is 12.5 Å². The molecule has 0 bridgehead atoms. The zero-order chi connectivity index (χ0) is 28.5. The van der Waals surface area contributed by atoms with E-state index >= 15 is 0 Å². The molecule has 0 aliphatic heterocycles. The number of esters is 1. The summed E-state index contributed by atoms with van der Waals surface area (Å²) in [6.07, 6.45) is 32.8. The third-order valence-electron chi connectivity index (χ3n) is 7.54. The van der Waals surface area contributed by atoms with Crippen LogP contribution in [-0.2, 0) is 14.3 Å². The molecular weight excluding hydrogens is 472 g/mol. The second kappa shape index (κ2) is 34.0. The molecule has 0 heterocycles. The van der Waals surface area contributed by atoms with Crippen molar-refractivity contribution in [3.05, 3.63) is 0 Å². The van der Waals surface area contributed by atoms with Crippen molar-refractivity contribution < 1.29 is 19.4 Å². The first-order chi connectivity index (χ1) is 18.5. The molecule has 0 radical (unpaired) electrons. The average molecular weight is 541 g/mol. The molecule has 0 aromatic carbocycles. The first-order valence-corrected chi connectivity index (χ1v) is 16.9. The molecule has 38 heavy (non-hydrogen) atoms. The summed E-state index contributed by atoms with van der Waals surface area (Å²) in [5.41, 5.74) is 0. The molecule has 0 amide bonds. The number of hydrogen-bond acceptors (Lipinski definition) is 3. The Kier molecular flexibility index (Phi) is 34.9. The van der Waals surface area contributed by atoms with Gasteiger partial charge in [0, 0.05) is 6.42 Å². The molecule has 1 unspecified atom stereocenters. The van der Waals surface area contributed by atoms with Crippen molar-refractivity contribution >= 4 is 11.9 Å². The zero-order valence-corrected chi connectivity index (χ0v) is 26.3. The van der Waals surface area contributed by atoms with Crippen molar-refractivity contribution in [1.82, 2.24) is 0 Å². The van der Waals surface area contributed by atoms with E-state index in [0.717, 1.165) is 25.7 Å². The molecule has 228 valence electrons. The van der Waals surface area contributed by atoms with Gasteiger partial charge in [-0.1, -0.05) is 162 Å². The van der Waals surface area contributed by atoms with Crippen molar-refractivity contribution in [2.24, 2.45) is 5.92 Å². The lowest BCUT2D eigenvalue weighted by Gasteiger charge is -2.08. The van der Waals surface area contributed by atoms with Crippen LogP contribution in [0.4, 0.5) is 0 Å². The van der Waals surface area contributed by atoms with Crippen LogP contribution in [0.5, 0.6) is 0 Å². The molecule has 0 spiro atoms. The van der Waals surface area contributed by atoms with E-state index in [2.05, 4.69) is 13.8 Å². The number of hydrogen-bond donors (Lipinski definition) is 1. The number of unbranched alkanes of at least 4 members (excludes halogenated alkanes) is 21. The van der Waals surface area contributed by atoms with Gasteiger partial charge in [-0.2, -0.15) is 0 Å². The van der Waals surface area contributed by atoms with E-state index in [4.69, 9.17) is 9.84 Å². The van der Waals surface area contributed by atoms with Crippen LogP contribution in [-0.4, -0.2) is 23.7 Å². The Morgan fingerprint density at radius 2 is 0.868 bits per heavy atom. The lowest BCUT2D eigenvalue weighted by atomic mass is 9.98. The van der Waals surface area contributed by atoms with E-state index in [1.54, 1.807) is 0 Å². The van der Waals surface area contributed by atoms with Crippen molar-refractivity contribution in [2.75, 3.05) is 6.61 Å². The van der Waals surface area contributed by atoms with Gasteiger partial charge in [-0.15, -0.1) is 0 Å². The molecule has 0 saturated carbocycles. The van der Waals surface area contributed by atoms with Gasteiger partial charge in [0.15, 0.2) is 0 Å². The van der Waals surface area contributed by atoms with Crippen LogP contribution in [0.3, 0.4) is 0 Å². The van der Waals surface area contributed by atoms with Crippen molar-refractivity contribution in [3.8, 4) is 0 Å². The highest BCUT2D eigenvalue weighted by Crippen LogP contribution is 2.16. The minimum absolute atomic E-state index is 0.0328. The standard InChI is InChI=1S/2C17H34O2/c1-3-5-6-7-8-9-10-11-12-13-14-15-16-17(18)19-4-2;1-3-5-6-7-8-9-10-11-12-13-14-15-16(4-2)17(18)19/h3-16H2,1-2H3;16H,3-15H2,1-2H3,(H,18,19). The SMILES string of the molecule is CCCCCCCCCCCCCC(CC)C(=O)O.CCCCCCCCCCCCCCC(=O)OCC. The molecule has 0 rings (SSSR count). The summed E-state index contributed by atoms with van der Waals surface area (Å²) in [6, 6.07) is 0. The van der Waals surface area contributed by atoms with E-state index < -0.39 is 5.97 Å².